The summed E-state index contributed by atoms with van der Waals surface area (Å²) >= 11 is 0. The molecule has 2 aromatic rings. The second kappa shape index (κ2) is 8.97. The average molecular weight is 352 g/mol. The Morgan fingerprint density at radius 3 is 2.27 bits per heavy atom. The Kier molecular flexibility index (Phi) is 6.42. The largest absolute Gasteiger partial charge is 0.379 e. The highest BCUT2D eigenvalue weighted by molar-refractivity contribution is 5.94. The lowest BCUT2D eigenvalue weighted by atomic mass is 10.0. The average Bonchev–Trinajstić information content (AvgIpc) is 2.69. The predicted octanol–water partition coefficient (Wildman–Crippen LogP) is 3.61. The van der Waals surface area contributed by atoms with Crippen molar-refractivity contribution in [3.63, 3.8) is 0 Å². The zero-order chi connectivity index (χ0) is 18.4. The first-order chi connectivity index (χ1) is 12.6. The first-order valence-electron chi connectivity index (χ1n) is 9.39. The molecule has 0 aliphatic carbocycles. The van der Waals surface area contributed by atoms with Crippen LogP contribution in [0.1, 0.15) is 47.3 Å². The number of nitrogens with zero attached hydrogens (tertiary/aromatic N) is 1. The molecule has 1 saturated heterocycles. The Balaban J connectivity index is 1.72. The number of rotatable bonds is 6. The van der Waals surface area contributed by atoms with Crippen molar-refractivity contribution in [3.8, 4) is 0 Å². The van der Waals surface area contributed by atoms with Gasteiger partial charge in [0.05, 0.1) is 19.3 Å². The van der Waals surface area contributed by atoms with Gasteiger partial charge in [0, 0.05) is 25.2 Å². The number of nitrogens with one attached hydrogen (secondary N) is 1. The molecule has 1 heterocycles. The normalized spacial score (nSPS) is 16.4. The Labute approximate surface area is 156 Å². The second-order valence-electron chi connectivity index (χ2n) is 7.13. The van der Waals surface area contributed by atoms with E-state index in [4.69, 9.17) is 4.74 Å². The van der Waals surface area contributed by atoms with Gasteiger partial charge in [0.15, 0.2) is 0 Å². The van der Waals surface area contributed by atoms with Crippen molar-refractivity contribution in [1.29, 1.82) is 0 Å². The lowest BCUT2D eigenvalue weighted by Crippen LogP contribution is -2.43. The molecule has 0 bridgehead atoms. The van der Waals surface area contributed by atoms with Crippen molar-refractivity contribution in [3.05, 3.63) is 71.3 Å². The minimum absolute atomic E-state index is 0.0255. The van der Waals surface area contributed by atoms with Gasteiger partial charge < -0.3 is 10.1 Å². The minimum atomic E-state index is -0.0356. The number of ether oxygens (including phenoxy) is 1. The van der Waals surface area contributed by atoms with Gasteiger partial charge in [0.25, 0.3) is 5.91 Å². The van der Waals surface area contributed by atoms with E-state index in [1.54, 1.807) is 0 Å². The summed E-state index contributed by atoms with van der Waals surface area (Å²) in [5.74, 6) is 0.438. The molecule has 138 valence electrons. The maximum Gasteiger partial charge on any atom is 0.251 e. The molecule has 1 amide bonds. The molecule has 1 N–H and O–H groups in total. The second-order valence-corrected chi connectivity index (χ2v) is 7.13. The molecule has 1 aliphatic rings. The third-order valence-corrected chi connectivity index (χ3v) is 4.89. The van der Waals surface area contributed by atoms with E-state index >= 15 is 0 Å². The number of amides is 1. The van der Waals surface area contributed by atoms with Crippen molar-refractivity contribution in [2.24, 2.45) is 0 Å². The van der Waals surface area contributed by atoms with Gasteiger partial charge in [0.1, 0.15) is 0 Å². The summed E-state index contributed by atoms with van der Waals surface area (Å²) in [5, 5.41) is 3.22. The summed E-state index contributed by atoms with van der Waals surface area (Å²) in [5.41, 5.74) is 3.08. The van der Waals surface area contributed by atoms with E-state index in [2.05, 4.69) is 36.2 Å². The molecular weight excluding hydrogens is 324 g/mol. The Morgan fingerprint density at radius 1 is 1.00 bits per heavy atom. The summed E-state index contributed by atoms with van der Waals surface area (Å²) < 4.78 is 5.44. The monoisotopic (exact) mass is 352 g/mol. The van der Waals surface area contributed by atoms with E-state index in [0.29, 0.717) is 11.5 Å². The van der Waals surface area contributed by atoms with Crippen molar-refractivity contribution < 1.29 is 9.53 Å². The molecule has 1 fully saturated rings. The standard InChI is InChI=1S/C22H28N2O2/c1-17(2)18-8-10-20(11-9-18)22(25)23-21(19-6-4-3-5-7-19)16-24-12-14-26-15-13-24/h3-11,17,21H,12-16H2,1-2H3,(H,23,25)/t21-/m0/s1. The summed E-state index contributed by atoms with van der Waals surface area (Å²) in [6.07, 6.45) is 0. The molecule has 0 spiro atoms. The highest BCUT2D eigenvalue weighted by atomic mass is 16.5. The zero-order valence-corrected chi connectivity index (χ0v) is 15.7. The van der Waals surface area contributed by atoms with Crippen LogP contribution < -0.4 is 5.32 Å². The number of carbonyl (C=O) groups excluding carboxylic acids is 1. The molecule has 4 nitrogen and oxygen atoms in total. The molecule has 3 rings (SSSR count). The summed E-state index contributed by atoms with van der Waals surface area (Å²) in [7, 11) is 0. The van der Waals surface area contributed by atoms with E-state index in [1.165, 1.54) is 5.56 Å². The topological polar surface area (TPSA) is 41.6 Å². The molecule has 0 saturated carbocycles. The molecule has 4 heteroatoms. The SMILES string of the molecule is CC(C)c1ccc(C(=O)N[C@@H](CN2CCOCC2)c2ccccc2)cc1. The van der Waals surface area contributed by atoms with Gasteiger partial charge in [-0.1, -0.05) is 56.3 Å². The first kappa shape index (κ1) is 18.6. The van der Waals surface area contributed by atoms with Gasteiger partial charge >= 0.3 is 0 Å². The fraction of sp³-hybridized carbons (Fsp3) is 0.409. The maximum absolute atomic E-state index is 12.8. The van der Waals surface area contributed by atoms with Gasteiger partial charge in [-0.15, -0.1) is 0 Å². The fourth-order valence-corrected chi connectivity index (χ4v) is 3.22. The molecule has 0 aromatic heterocycles. The lowest BCUT2D eigenvalue weighted by molar-refractivity contribution is 0.0332. The molecule has 26 heavy (non-hydrogen) atoms. The van der Waals surface area contributed by atoms with Crippen LogP contribution in [-0.4, -0.2) is 43.7 Å². The van der Waals surface area contributed by atoms with E-state index < -0.39 is 0 Å². The molecule has 0 unspecified atom stereocenters. The molecule has 1 atom stereocenters. The van der Waals surface area contributed by atoms with Crippen LogP contribution in [0.5, 0.6) is 0 Å². The van der Waals surface area contributed by atoms with E-state index in [-0.39, 0.29) is 11.9 Å². The molecule has 0 radical (unpaired) electrons. The Morgan fingerprint density at radius 2 is 1.65 bits per heavy atom. The van der Waals surface area contributed by atoms with Gasteiger partial charge in [-0.25, -0.2) is 0 Å². The van der Waals surface area contributed by atoms with Crippen LogP contribution in [0.15, 0.2) is 54.6 Å². The Bertz CT molecular complexity index is 692. The summed E-state index contributed by atoms with van der Waals surface area (Å²) in [4.78, 5) is 15.1. The van der Waals surface area contributed by atoms with Gasteiger partial charge in [-0.05, 0) is 29.2 Å². The molecule has 1 aliphatic heterocycles. The predicted molar refractivity (Wildman–Crippen MR) is 104 cm³/mol. The highest BCUT2D eigenvalue weighted by Crippen LogP contribution is 2.18. The molecule has 2 aromatic carbocycles. The van der Waals surface area contributed by atoms with Crippen LogP contribution in [0.25, 0.3) is 0 Å². The van der Waals surface area contributed by atoms with Crippen LogP contribution in [0.4, 0.5) is 0 Å². The zero-order valence-electron chi connectivity index (χ0n) is 15.7. The highest BCUT2D eigenvalue weighted by Gasteiger charge is 2.20. The number of morpholine rings is 1. The number of benzene rings is 2. The summed E-state index contributed by atoms with van der Waals surface area (Å²) in [6, 6.07) is 18.1. The number of hydrogen-bond donors (Lipinski definition) is 1. The number of hydrogen-bond acceptors (Lipinski definition) is 3. The van der Waals surface area contributed by atoms with Crippen LogP contribution in [0.2, 0.25) is 0 Å². The van der Waals surface area contributed by atoms with Crippen molar-refractivity contribution >= 4 is 5.91 Å². The van der Waals surface area contributed by atoms with Crippen LogP contribution >= 0.6 is 0 Å². The van der Waals surface area contributed by atoms with E-state index in [0.717, 1.165) is 38.4 Å². The quantitative estimate of drug-likeness (QED) is 0.863. The molecular formula is C22H28N2O2. The fourth-order valence-electron chi connectivity index (χ4n) is 3.22. The third kappa shape index (κ3) is 4.93. The van der Waals surface area contributed by atoms with Gasteiger partial charge in [0.2, 0.25) is 0 Å². The smallest absolute Gasteiger partial charge is 0.251 e. The van der Waals surface area contributed by atoms with Crippen LogP contribution in [0.3, 0.4) is 0 Å². The Hall–Kier alpha value is -2.17. The van der Waals surface area contributed by atoms with Crippen molar-refractivity contribution in [1.82, 2.24) is 10.2 Å². The van der Waals surface area contributed by atoms with E-state index in [9.17, 15) is 4.79 Å². The van der Waals surface area contributed by atoms with Crippen molar-refractivity contribution in [2.75, 3.05) is 32.8 Å². The lowest BCUT2D eigenvalue weighted by Gasteiger charge is -2.31. The van der Waals surface area contributed by atoms with Gasteiger partial charge in [-0.3, -0.25) is 9.69 Å². The van der Waals surface area contributed by atoms with E-state index in [1.807, 2.05) is 42.5 Å². The van der Waals surface area contributed by atoms with Crippen LogP contribution in [-0.2, 0) is 4.74 Å². The maximum atomic E-state index is 12.8. The minimum Gasteiger partial charge on any atom is -0.379 e. The van der Waals surface area contributed by atoms with Crippen molar-refractivity contribution in [2.45, 2.75) is 25.8 Å². The third-order valence-electron chi connectivity index (χ3n) is 4.89. The number of carbonyl (C=O) groups is 1. The van der Waals surface area contributed by atoms with Crippen LogP contribution in [0, 0.1) is 0 Å². The first-order valence-corrected chi connectivity index (χ1v) is 9.39. The van der Waals surface area contributed by atoms with Gasteiger partial charge in [-0.2, -0.15) is 0 Å². The summed E-state index contributed by atoms with van der Waals surface area (Å²) in [6.45, 7) is 8.43.